The van der Waals surface area contributed by atoms with Gasteiger partial charge in [-0.2, -0.15) is 0 Å². The molecule has 8 heteroatoms. The first-order valence-electron chi connectivity index (χ1n) is 8.55. The van der Waals surface area contributed by atoms with Gasteiger partial charge in [-0.05, 0) is 56.4 Å². The Morgan fingerprint density at radius 3 is 2.44 bits per heavy atom. The summed E-state index contributed by atoms with van der Waals surface area (Å²) in [5.41, 5.74) is 1.88. The number of hydrogen-bond donors (Lipinski definition) is 2. The number of benzene rings is 2. The predicted octanol–water partition coefficient (Wildman–Crippen LogP) is 2.75. The molecule has 0 aromatic heterocycles. The monoisotopic (exact) mass is 409 g/mol. The van der Waals surface area contributed by atoms with E-state index in [-0.39, 0.29) is 23.8 Å². The van der Waals surface area contributed by atoms with Gasteiger partial charge in [-0.1, -0.05) is 29.8 Å². The molecule has 0 atom stereocenters. The number of halogens is 1. The first-order valence-corrected chi connectivity index (χ1v) is 10.4. The summed E-state index contributed by atoms with van der Waals surface area (Å²) in [6.07, 6.45) is 0.967. The maximum Gasteiger partial charge on any atom is 0.240 e. The van der Waals surface area contributed by atoms with Crippen LogP contribution < -0.4 is 10.0 Å². The molecule has 0 unspecified atom stereocenters. The van der Waals surface area contributed by atoms with E-state index >= 15 is 0 Å². The fourth-order valence-corrected chi connectivity index (χ4v) is 3.68. The number of rotatable bonds is 9. The van der Waals surface area contributed by atoms with Gasteiger partial charge < -0.3 is 10.2 Å². The van der Waals surface area contributed by atoms with Gasteiger partial charge in [-0.3, -0.25) is 4.79 Å². The molecule has 0 aliphatic heterocycles. The van der Waals surface area contributed by atoms with Crippen molar-refractivity contribution in [1.29, 1.82) is 0 Å². The van der Waals surface area contributed by atoms with Crippen LogP contribution >= 0.6 is 11.6 Å². The third-order valence-corrected chi connectivity index (χ3v) is 5.53. The van der Waals surface area contributed by atoms with Gasteiger partial charge in [0.05, 0.1) is 4.90 Å². The van der Waals surface area contributed by atoms with Crippen molar-refractivity contribution in [2.45, 2.75) is 17.7 Å². The van der Waals surface area contributed by atoms with Gasteiger partial charge in [-0.15, -0.1) is 0 Å². The molecule has 0 spiro atoms. The van der Waals surface area contributed by atoms with E-state index in [0.717, 1.165) is 13.0 Å². The highest BCUT2D eigenvalue weighted by molar-refractivity contribution is 7.89. The van der Waals surface area contributed by atoms with Crippen LogP contribution in [0.25, 0.3) is 0 Å². The fourth-order valence-electron chi connectivity index (χ4n) is 2.35. The second-order valence-corrected chi connectivity index (χ2v) is 8.61. The van der Waals surface area contributed by atoms with Crippen molar-refractivity contribution >= 4 is 33.2 Å². The van der Waals surface area contributed by atoms with Gasteiger partial charge in [0.2, 0.25) is 15.9 Å². The van der Waals surface area contributed by atoms with Crippen LogP contribution in [0, 0.1) is 0 Å². The summed E-state index contributed by atoms with van der Waals surface area (Å²) in [6.45, 7) is 0.958. The molecule has 2 aromatic rings. The molecule has 1 amide bonds. The van der Waals surface area contributed by atoms with Crippen LogP contribution in [0.2, 0.25) is 5.02 Å². The SMILES string of the molecule is CN(C)CCc1ccc(NC(=O)CCNS(=O)(=O)c2cccc(Cl)c2)cc1. The summed E-state index contributed by atoms with van der Waals surface area (Å²) < 4.78 is 26.7. The fraction of sp³-hybridized carbons (Fsp3) is 0.316. The van der Waals surface area contributed by atoms with Gasteiger partial charge in [0, 0.05) is 30.2 Å². The lowest BCUT2D eigenvalue weighted by Gasteiger charge is -2.10. The highest BCUT2D eigenvalue weighted by Gasteiger charge is 2.14. The Bertz CT molecular complexity index is 868. The Morgan fingerprint density at radius 2 is 1.81 bits per heavy atom. The third-order valence-electron chi connectivity index (χ3n) is 3.84. The van der Waals surface area contributed by atoms with Gasteiger partial charge in [0.15, 0.2) is 0 Å². The maximum atomic E-state index is 12.2. The van der Waals surface area contributed by atoms with Crippen LogP contribution in [-0.4, -0.2) is 46.4 Å². The molecule has 2 rings (SSSR count). The average Bonchev–Trinajstić information content (AvgIpc) is 2.61. The minimum atomic E-state index is -3.69. The van der Waals surface area contributed by atoms with Crippen molar-refractivity contribution in [3.8, 4) is 0 Å². The molecule has 27 heavy (non-hydrogen) atoms. The normalized spacial score (nSPS) is 11.6. The minimum absolute atomic E-state index is 0.00159. The second-order valence-electron chi connectivity index (χ2n) is 6.40. The third kappa shape index (κ3) is 7.30. The number of carbonyl (C=O) groups excluding carboxylic acids is 1. The standard InChI is InChI=1S/C19H24ClN3O3S/c1-23(2)13-11-15-6-8-17(9-7-15)22-19(24)10-12-21-27(25,26)18-5-3-4-16(20)14-18/h3-9,14,21H,10-13H2,1-2H3,(H,22,24). The van der Waals surface area contributed by atoms with Crippen LogP contribution in [-0.2, 0) is 21.2 Å². The first kappa shape index (κ1) is 21.4. The topological polar surface area (TPSA) is 78.5 Å². The number of nitrogens with one attached hydrogen (secondary N) is 2. The molecule has 0 saturated heterocycles. The molecule has 0 radical (unpaired) electrons. The van der Waals surface area contributed by atoms with E-state index in [4.69, 9.17) is 11.6 Å². The molecule has 0 aliphatic carbocycles. The smallest absolute Gasteiger partial charge is 0.240 e. The Balaban J connectivity index is 1.80. The zero-order valence-electron chi connectivity index (χ0n) is 15.4. The predicted molar refractivity (Wildman–Crippen MR) is 109 cm³/mol. The van der Waals surface area contributed by atoms with E-state index in [2.05, 4.69) is 14.9 Å². The number of anilines is 1. The molecule has 146 valence electrons. The number of amides is 1. The van der Waals surface area contributed by atoms with Gasteiger partial charge in [-0.25, -0.2) is 13.1 Å². The Kier molecular flexibility index (Phi) is 7.79. The molecule has 0 bridgehead atoms. The van der Waals surface area contributed by atoms with E-state index in [9.17, 15) is 13.2 Å². The summed E-state index contributed by atoms with van der Waals surface area (Å²) in [5.74, 6) is -0.259. The van der Waals surface area contributed by atoms with Gasteiger partial charge in [0.1, 0.15) is 0 Å². The van der Waals surface area contributed by atoms with Crippen molar-refractivity contribution in [3.05, 3.63) is 59.1 Å². The summed E-state index contributed by atoms with van der Waals surface area (Å²) in [7, 11) is 0.357. The molecule has 2 aromatic carbocycles. The molecule has 0 fully saturated rings. The Labute approximate surface area is 165 Å². The highest BCUT2D eigenvalue weighted by Crippen LogP contribution is 2.15. The lowest BCUT2D eigenvalue weighted by Crippen LogP contribution is -2.27. The molecule has 2 N–H and O–H groups in total. The van der Waals surface area contributed by atoms with Crippen LogP contribution in [0.15, 0.2) is 53.4 Å². The Hall–Kier alpha value is -1.93. The van der Waals surface area contributed by atoms with E-state index < -0.39 is 10.0 Å². The number of likely N-dealkylation sites (N-methyl/N-ethyl adjacent to an activating group) is 1. The van der Waals surface area contributed by atoms with Crippen molar-refractivity contribution in [3.63, 3.8) is 0 Å². The van der Waals surface area contributed by atoms with E-state index in [1.807, 2.05) is 38.4 Å². The Morgan fingerprint density at radius 1 is 1.11 bits per heavy atom. The van der Waals surface area contributed by atoms with Crippen LogP contribution in [0.1, 0.15) is 12.0 Å². The molecule has 0 aliphatic rings. The molecule has 6 nitrogen and oxygen atoms in total. The number of sulfonamides is 1. The van der Waals surface area contributed by atoms with Crippen molar-refractivity contribution in [1.82, 2.24) is 9.62 Å². The van der Waals surface area contributed by atoms with E-state index in [1.54, 1.807) is 12.1 Å². The van der Waals surface area contributed by atoms with Crippen LogP contribution in [0.4, 0.5) is 5.69 Å². The lowest BCUT2D eigenvalue weighted by molar-refractivity contribution is -0.116. The molecular weight excluding hydrogens is 386 g/mol. The molecule has 0 heterocycles. The largest absolute Gasteiger partial charge is 0.326 e. The number of nitrogens with zero attached hydrogens (tertiary/aromatic N) is 1. The lowest BCUT2D eigenvalue weighted by atomic mass is 10.1. The van der Waals surface area contributed by atoms with Crippen molar-refractivity contribution in [2.75, 3.05) is 32.5 Å². The summed E-state index contributed by atoms with van der Waals surface area (Å²) in [5, 5.41) is 3.10. The average molecular weight is 410 g/mol. The number of hydrogen-bond acceptors (Lipinski definition) is 4. The first-order chi connectivity index (χ1) is 12.8. The van der Waals surface area contributed by atoms with Crippen molar-refractivity contribution < 1.29 is 13.2 Å². The number of carbonyl (C=O) groups is 1. The van der Waals surface area contributed by atoms with E-state index in [0.29, 0.717) is 10.7 Å². The van der Waals surface area contributed by atoms with E-state index in [1.165, 1.54) is 17.7 Å². The second kappa shape index (κ2) is 9.85. The quantitative estimate of drug-likeness (QED) is 0.667. The minimum Gasteiger partial charge on any atom is -0.326 e. The zero-order chi connectivity index (χ0) is 19.9. The van der Waals surface area contributed by atoms with Gasteiger partial charge in [0.25, 0.3) is 0 Å². The zero-order valence-corrected chi connectivity index (χ0v) is 17.0. The summed E-state index contributed by atoms with van der Waals surface area (Å²) in [6, 6.07) is 13.6. The molecular formula is C19H24ClN3O3S. The summed E-state index contributed by atoms with van der Waals surface area (Å²) >= 11 is 5.81. The summed E-state index contributed by atoms with van der Waals surface area (Å²) in [4.78, 5) is 14.2. The maximum absolute atomic E-state index is 12.2. The molecule has 0 saturated carbocycles. The van der Waals surface area contributed by atoms with Gasteiger partial charge >= 0.3 is 0 Å². The highest BCUT2D eigenvalue weighted by atomic mass is 35.5. The van der Waals surface area contributed by atoms with Crippen LogP contribution in [0.5, 0.6) is 0 Å². The van der Waals surface area contributed by atoms with Crippen molar-refractivity contribution in [2.24, 2.45) is 0 Å². The van der Waals surface area contributed by atoms with Crippen LogP contribution in [0.3, 0.4) is 0 Å².